The highest BCUT2D eigenvalue weighted by Gasteiger charge is 2.29. The number of methoxy groups -OCH3 is 1. The number of halogens is 3. The summed E-state index contributed by atoms with van der Waals surface area (Å²) < 4.78 is 50.9. The standard InChI is InChI=1S/C21H21F3N4O4/c1-31-17-9-18-25-16(13-4-7-32-8-5-13)11-28(18)10-14(17)19(29)26-15-3-2-6-27(20(15)30)12-21(22,23)24/h2-3,6,9-11,13H,4-5,7-8,12H2,1H3,(H,26,29). The van der Waals surface area contributed by atoms with Gasteiger partial charge in [0, 0.05) is 43.8 Å². The molecule has 4 heterocycles. The van der Waals surface area contributed by atoms with Crippen LogP contribution in [0.1, 0.15) is 34.8 Å². The molecular formula is C21H21F3N4O4. The van der Waals surface area contributed by atoms with E-state index >= 15 is 0 Å². The van der Waals surface area contributed by atoms with Crippen LogP contribution < -0.4 is 15.6 Å². The van der Waals surface area contributed by atoms with E-state index in [0.29, 0.717) is 23.4 Å². The van der Waals surface area contributed by atoms with Gasteiger partial charge in [-0.25, -0.2) is 4.98 Å². The number of carbonyl (C=O) groups excluding carboxylic acids is 1. The second-order valence-electron chi connectivity index (χ2n) is 7.50. The lowest BCUT2D eigenvalue weighted by Crippen LogP contribution is -2.30. The van der Waals surface area contributed by atoms with Gasteiger partial charge >= 0.3 is 6.18 Å². The number of nitrogens with one attached hydrogen (secondary N) is 1. The average Bonchev–Trinajstić information content (AvgIpc) is 3.18. The average molecular weight is 450 g/mol. The van der Waals surface area contributed by atoms with Crippen molar-refractivity contribution in [2.24, 2.45) is 0 Å². The first-order valence-electron chi connectivity index (χ1n) is 9.97. The van der Waals surface area contributed by atoms with E-state index in [-0.39, 0.29) is 22.9 Å². The quantitative estimate of drug-likeness (QED) is 0.645. The normalized spacial score (nSPS) is 15.1. The van der Waals surface area contributed by atoms with E-state index in [1.54, 1.807) is 10.5 Å². The Balaban J connectivity index is 1.63. The van der Waals surface area contributed by atoms with Crippen molar-refractivity contribution in [3.8, 4) is 5.75 Å². The number of anilines is 1. The number of hydrogen-bond acceptors (Lipinski definition) is 5. The first-order chi connectivity index (χ1) is 15.2. The maximum atomic E-state index is 12.9. The maximum Gasteiger partial charge on any atom is 0.406 e. The van der Waals surface area contributed by atoms with E-state index < -0.39 is 24.2 Å². The second-order valence-corrected chi connectivity index (χ2v) is 7.50. The number of hydrogen-bond donors (Lipinski definition) is 1. The minimum atomic E-state index is -4.57. The lowest BCUT2D eigenvalue weighted by molar-refractivity contribution is -0.141. The van der Waals surface area contributed by atoms with Crippen LogP contribution >= 0.6 is 0 Å². The summed E-state index contributed by atoms with van der Waals surface area (Å²) in [4.78, 5) is 29.9. The van der Waals surface area contributed by atoms with Crippen molar-refractivity contribution in [1.82, 2.24) is 14.0 Å². The number of carbonyl (C=O) groups is 1. The van der Waals surface area contributed by atoms with Crippen LogP contribution in [0.5, 0.6) is 5.75 Å². The highest BCUT2D eigenvalue weighted by Crippen LogP contribution is 2.28. The molecule has 1 amide bonds. The molecule has 0 aliphatic carbocycles. The third-order valence-electron chi connectivity index (χ3n) is 5.30. The van der Waals surface area contributed by atoms with Crippen LogP contribution in [0, 0.1) is 0 Å². The van der Waals surface area contributed by atoms with Gasteiger partial charge in [-0.2, -0.15) is 13.2 Å². The Morgan fingerprint density at radius 2 is 2.06 bits per heavy atom. The van der Waals surface area contributed by atoms with E-state index in [2.05, 4.69) is 10.3 Å². The van der Waals surface area contributed by atoms with Crippen molar-refractivity contribution in [3.63, 3.8) is 0 Å². The molecule has 1 aliphatic heterocycles. The summed E-state index contributed by atoms with van der Waals surface area (Å²) in [5.74, 6) is -0.207. The third kappa shape index (κ3) is 4.62. The Morgan fingerprint density at radius 1 is 1.31 bits per heavy atom. The summed E-state index contributed by atoms with van der Waals surface area (Å²) in [6, 6.07) is 4.11. The molecule has 3 aromatic heterocycles. The number of amides is 1. The topological polar surface area (TPSA) is 86.9 Å². The van der Waals surface area contributed by atoms with Gasteiger partial charge in [0.2, 0.25) is 0 Å². The van der Waals surface area contributed by atoms with Crippen molar-refractivity contribution < 1.29 is 27.4 Å². The zero-order chi connectivity index (χ0) is 22.9. The molecule has 1 aliphatic rings. The number of nitrogens with zero attached hydrogens (tertiary/aromatic N) is 3. The predicted octanol–water partition coefficient (Wildman–Crippen LogP) is 3.21. The molecule has 11 heteroatoms. The van der Waals surface area contributed by atoms with Gasteiger partial charge in [-0.05, 0) is 25.0 Å². The van der Waals surface area contributed by atoms with Gasteiger partial charge in [0.1, 0.15) is 23.6 Å². The maximum absolute atomic E-state index is 12.9. The van der Waals surface area contributed by atoms with Crippen molar-refractivity contribution in [2.75, 3.05) is 25.6 Å². The van der Waals surface area contributed by atoms with Crippen molar-refractivity contribution in [1.29, 1.82) is 0 Å². The summed E-state index contributed by atoms with van der Waals surface area (Å²) in [7, 11) is 1.39. The highest BCUT2D eigenvalue weighted by atomic mass is 19.4. The molecule has 1 N–H and O–H groups in total. The Kier molecular flexibility index (Phi) is 5.92. The van der Waals surface area contributed by atoms with E-state index in [0.717, 1.165) is 24.7 Å². The highest BCUT2D eigenvalue weighted by molar-refractivity contribution is 6.06. The molecule has 170 valence electrons. The minimum Gasteiger partial charge on any atom is -0.496 e. The minimum absolute atomic E-state index is 0.113. The largest absolute Gasteiger partial charge is 0.496 e. The van der Waals surface area contributed by atoms with Gasteiger partial charge in [-0.3, -0.25) is 9.59 Å². The fourth-order valence-electron chi connectivity index (χ4n) is 3.70. The van der Waals surface area contributed by atoms with Gasteiger partial charge in [-0.15, -0.1) is 0 Å². The van der Waals surface area contributed by atoms with Gasteiger partial charge in [0.05, 0.1) is 18.4 Å². The molecule has 1 saturated heterocycles. The van der Waals surface area contributed by atoms with E-state index in [1.165, 1.54) is 25.4 Å². The Labute approximate surface area is 180 Å². The molecule has 0 radical (unpaired) electrons. The van der Waals surface area contributed by atoms with Crippen LogP contribution in [-0.2, 0) is 11.3 Å². The fraction of sp³-hybridized carbons (Fsp3) is 0.381. The van der Waals surface area contributed by atoms with Gasteiger partial charge in [0.15, 0.2) is 0 Å². The molecule has 0 bridgehead atoms. The molecule has 8 nitrogen and oxygen atoms in total. The van der Waals surface area contributed by atoms with E-state index in [9.17, 15) is 22.8 Å². The summed E-state index contributed by atoms with van der Waals surface area (Å²) in [6.45, 7) is -0.119. The van der Waals surface area contributed by atoms with Crippen LogP contribution in [0.3, 0.4) is 0 Å². The molecule has 32 heavy (non-hydrogen) atoms. The van der Waals surface area contributed by atoms with Crippen molar-refractivity contribution >= 4 is 17.2 Å². The van der Waals surface area contributed by atoms with Crippen molar-refractivity contribution in [3.05, 3.63) is 58.4 Å². The zero-order valence-electron chi connectivity index (χ0n) is 17.2. The summed E-state index contributed by atoms with van der Waals surface area (Å²) in [5, 5.41) is 2.39. The summed E-state index contributed by atoms with van der Waals surface area (Å²) in [5.41, 5.74) is 0.361. The summed E-state index contributed by atoms with van der Waals surface area (Å²) in [6.07, 6.45) is 1.52. The molecule has 4 rings (SSSR count). The SMILES string of the molecule is COc1cc2nc(C3CCOCC3)cn2cc1C(=O)Nc1cccn(CC(F)(F)F)c1=O. The molecule has 3 aromatic rings. The molecule has 0 aromatic carbocycles. The lowest BCUT2D eigenvalue weighted by Gasteiger charge is -2.19. The van der Waals surface area contributed by atoms with E-state index in [1.807, 2.05) is 6.20 Å². The van der Waals surface area contributed by atoms with Crippen LogP contribution in [0.2, 0.25) is 0 Å². The van der Waals surface area contributed by atoms with Crippen LogP contribution in [-0.4, -0.2) is 46.4 Å². The van der Waals surface area contributed by atoms with Gasteiger partial charge in [-0.1, -0.05) is 0 Å². The Morgan fingerprint density at radius 3 is 2.75 bits per heavy atom. The molecule has 0 spiro atoms. The summed E-state index contributed by atoms with van der Waals surface area (Å²) >= 11 is 0. The Hall–Kier alpha value is -3.34. The molecule has 1 fully saturated rings. The number of ether oxygens (including phenoxy) is 2. The lowest BCUT2D eigenvalue weighted by atomic mass is 9.97. The second kappa shape index (κ2) is 8.65. The smallest absolute Gasteiger partial charge is 0.406 e. The number of rotatable bonds is 5. The van der Waals surface area contributed by atoms with Crippen molar-refractivity contribution in [2.45, 2.75) is 31.5 Å². The van der Waals surface area contributed by atoms with Crippen LogP contribution in [0.4, 0.5) is 18.9 Å². The van der Waals surface area contributed by atoms with Crippen LogP contribution in [0.25, 0.3) is 5.65 Å². The first kappa shape index (κ1) is 21.9. The number of pyridine rings is 2. The zero-order valence-corrected chi connectivity index (χ0v) is 17.2. The molecule has 0 atom stereocenters. The molecule has 0 unspecified atom stereocenters. The number of alkyl halides is 3. The van der Waals surface area contributed by atoms with E-state index in [4.69, 9.17) is 9.47 Å². The number of aromatic nitrogens is 3. The number of fused-ring (bicyclic) bond motifs is 1. The van der Waals surface area contributed by atoms with Crippen LogP contribution in [0.15, 0.2) is 41.6 Å². The monoisotopic (exact) mass is 450 g/mol. The molecular weight excluding hydrogens is 429 g/mol. The Bertz CT molecular complexity index is 1200. The molecule has 0 saturated carbocycles. The third-order valence-corrected chi connectivity index (χ3v) is 5.30. The fourth-order valence-corrected chi connectivity index (χ4v) is 3.70. The van der Waals surface area contributed by atoms with Gasteiger partial charge in [0.25, 0.3) is 11.5 Å². The first-order valence-corrected chi connectivity index (χ1v) is 9.97. The van der Waals surface area contributed by atoms with Gasteiger partial charge < -0.3 is 23.8 Å². The number of imidazole rings is 1. The predicted molar refractivity (Wildman–Crippen MR) is 109 cm³/mol.